The number of piperazine rings is 1. The van der Waals surface area contributed by atoms with Crippen molar-refractivity contribution < 1.29 is 0 Å². The van der Waals surface area contributed by atoms with Crippen LogP contribution in [0.15, 0.2) is 42.6 Å². The van der Waals surface area contributed by atoms with Crippen molar-refractivity contribution in [1.82, 2.24) is 20.3 Å². The van der Waals surface area contributed by atoms with Crippen molar-refractivity contribution in [2.45, 2.75) is 26.8 Å². The summed E-state index contributed by atoms with van der Waals surface area (Å²) >= 11 is 0. The summed E-state index contributed by atoms with van der Waals surface area (Å²) in [5.41, 5.74) is 3.27. The first-order valence-electron chi connectivity index (χ1n) is 10.1. The van der Waals surface area contributed by atoms with Gasteiger partial charge in [0.1, 0.15) is 11.6 Å². The highest BCUT2D eigenvalue weighted by Gasteiger charge is 2.16. The first-order valence-corrected chi connectivity index (χ1v) is 10.1. The second-order valence-corrected chi connectivity index (χ2v) is 7.28. The van der Waals surface area contributed by atoms with E-state index in [0.717, 1.165) is 68.5 Å². The van der Waals surface area contributed by atoms with E-state index in [2.05, 4.69) is 62.3 Å². The van der Waals surface area contributed by atoms with Gasteiger partial charge in [-0.05, 0) is 25.5 Å². The van der Waals surface area contributed by atoms with Gasteiger partial charge in [-0.15, -0.1) is 0 Å². The molecule has 1 aliphatic rings. The van der Waals surface area contributed by atoms with Crippen molar-refractivity contribution in [3.63, 3.8) is 0 Å². The van der Waals surface area contributed by atoms with Crippen LogP contribution >= 0.6 is 0 Å². The molecule has 1 fully saturated rings. The topological polar surface area (TPSA) is 57.2 Å². The van der Waals surface area contributed by atoms with Crippen LogP contribution in [0.1, 0.15) is 24.9 Å². The molecule has 1 N–H and O–H groups in total. The van der Waals surface area contributed by atoms with Crippen LogP contribution in [-0.4, -0.2) is 47.7 Å². The first kappa shape index (κ1) is 18.6. The van der Waals surface area contributed by atoms with Crippen LogP contribution in [-0.2, 0) is 6.54 Å². The van der Waals surface area contributed by atoms with E-state index in [9.17, 15) is 0 Å². The van der Waals surface area contributed by atoms with Crippen LogP contribution in [0.4, 0.5) is 11.5 Å². The van der Waals surface area contributed by atoms with Gasteiger partial charge in [-0.2, -0.15) is 0 Å². The molecule has 0 bridgehead atoms. The Bertz CT molecular complexity index is 930. The second-order valence-electron chi connectivity index (χ2n) is 7.28. The number of hydrogen-bond acceptors (Lipinski definition) is 6. The maximum Gasteiger partial charge on any atom is 0.132 e. The number of hydrogen-bond donors (Lipinski definition) is 1. The number of rotatable bonds is 6. The number of aromatic nitrogens is 3. The first-order chi connectivity index (χ1) is 13.7. The van der Waals surface area contributed by atoms with E-state index in [1.165, 1.54) is 11.1 Å². The molecule has 0 radical (unpaired) electrons. The monoisotopic (exact) mass is 376 g/mol. The summed E-state index contributed by atoms with van der Waals surface area (Å²) in [6.45, 7) is 9.89. The van der Waals surface area contributed by atoms with E-state index >= 15 is 0 Å². The molecule has 3 heterocycles. The molecule has 6 nitrogen and oxygen atoms in total. The maximum atomic E-state index is 4.74. The fourth-order valence-corrected chi connectivity index (χ4v) is 3.84. The Balaban J connectivity index is 1.65. The van der Waals surface area contributed by atoms with Gasteiger partial charge in [0.05, 0.1) is 23.4 Å². The smallest absolute Gasteiger partial charge is 0.132 e. The SMILES string of the molecule is CCCN(Cc1cc(N2CCNCC2)nc(C)n1)c1cccc2cccnc12. The number of aryl methyl sites for hydroxylation is 1. The minimum Gasteiger partial charge on any atom is -0.364 e. The average molecular weight is 377 g/mol. The Labute approximate surface area is 166 Å². The van der Waals surface area contributed by atoms with Crippen molar-refractivity contribution >= 4 is 22.4 Å². The van der Waals surface area contributed by atoms with Crippen LogP contribution in [0.2, 0.25) is 0 Å². The molecule has 4 rings (SSSR count). The van der Waals surface area contributed by atoms with E-state index in [0.29, 0.717) is 0 Å². The van der Waals surface area contributed by atoms with Crippen LogP contribution < -0.4 is 15.1 Å². The fraction of sp³-hybridized carbons (Fsp3) is 0.409. The molecule has 3 aromatic rings. The summed E-state index contributed by atoms with van der Waals surface area (Å²) in [5.74, 6) is 1.87. The van der Waals surface area contributed by atoms with Gasteiger partial charge in [0, 0.05) is 50.4 Å². The van der Waals surface area contributed by atoms with Crippen molar-refractivity contribution in [1.29, 1.82) is 0 Å². The summed E-state index contributed by atoms with van der Waals surface area (Å²) in [7, 11) is 0. The van der Waals surface area contributed by atoms with Gasteiger partial charge in [-0.1, -0.05) is 25.1 Å². The normalized spacial score (nSPS) is 14.4. The molecule has 0 aliphatic carbocycles. The number of fused-ring (bicyclic) bond motifs is 1. The van der Waals surface area contributed by atoms with Crippen molar-refractivity contribution in [3.8, 4) is 0 Å². The Hall–Kier alpha value is -2.73. The van der Waals surface area contributed by atoms with E-state index in [1.807, 2.05) is 19.2 Å². The molecule has 6 heteroatoms. The molecule has 0 saturated carbocycles. The average Bonchev–Trinajstić information content (AvgIpc) is 2.73. The molecule has 0 atom stereocenters. The van der Waals surface area contributed by atoms with Crippen LogP contribution in [0.3, 0.4) is 0 Å². The van der Waals surface area contributed by atoms with Gasteiger partial charge in [-0.3, -0.25) is 4.98 Å². The largest absolute Gasteiger partial charge is 0.364 e. The summed E-state index contributed by atoms with van der Waals surface area (Å²) in [6, 6.07) is 12.7. The Morgan fingerprint density at radius 3 is 2.75 bits per heavy atom. The lowest BCUT2D eigenvalue weighted by molar-refractivity contribution is 0.583. The van der Waals surface area contributed by atoms with Gasteiger partial charge < -0.3 is 15.1 Å². The highest BCUT2D eigenvalue weighted by molar-refractivity contribution is 5.90. The predicted octanol–water partition coefficient (Wildman–Crippen LogP) is 3.16. The highest BCUT2D eigenvalue weighted by Crippen LogP contribution is 2.26. The third-order valence-corrected chi connectivity index (χ3v) is 5.12. The zero-order chi connectivity index (χ0) is 19.3. The Kier molecular flexibility index (Phi) is 5.67. The van der Waals surface area contributed by atoms with Crippen molar-refractivity contribution in [2.24, 2.45) is 0 Å². The minimum absolute atomic E-state index is 0.756. The second kappa shape index (κ2) is 8.52. The Morgan fingerprint density at radius 1 is 1.11 bits per heavy atom. The molecule has 1 aromatic carbocycles. The molecular weight excluding hydrogens is 348 g/mol. The van der Waals surface area contributed by atoms with Crippen LogP contribution in [0.5, 0.6) is 0 Å². The lowest BCUT2D eigenvalue weighted by atomic mass is 10.1. The van der Waals surface area contributed by atoms with E-state index < -0.39 is 0 Å². The van der Waals surface area contributed by atoms with Gasteiger partial charge in [0.25, 0.3) is 0 Å². The van der Waals surface area contributed by atoms with Crippen LogP contribution in [0.25, 0.3) is 10.9 Å². The highest BCUT2D eigenvalue weighted by atomic mass is 15.2. The number of nitrogens with one attached hydrogen (secondary N) is 1. The van der Waals surface area contributed by atoms with Gasteiger partial charge in [-0.25, -0.2) is 9.97 Å². The van der Waals surface area contributed by atoms with Gasteiger partial charge in [0.2, 0.25) is 0 Å². The molecule has 2 aromatic heterocycles. The zero-order valence-corrected chi connectivity index (χ0v) is 16.7. The number of anilines is 2. The standard InChI is InChI=1S/C22H28N6/c1-3-12-28(20-8-4-6-18-7-5-9-24-22(18)20)16-19-15-21(26-17(2)25-19)27-13-10-23-11-14-27/h4-9,15,23H,3,10-14,16H2,1-2H3. The molecular formula is C22H28N6. The third kappa shape index (κ3) is 4.07. The van der Waals surface area contributed by atoms with E-state index in [4.69, 9.17) is 4.98 Å². The van der Waals surface area contributed by atoms with Gasteiger partial charge >= 0.3 is 0 Å². The molecule has 1 aliphatic heterocycles. The van der Waals surface area contributed by atoms with Gasteiger partial charge in [0.15, 0.2) is 0 Å². The fourth-order valence-electron chi connectivity index (χ4n) is 3.84. The number of nitrogens with zero attached hydrogens (tertiary/aromatic N) is 5. The predicted molar refractivity (Wildman–Crippen MR) is 115 cm³/mol. The molecule has 28 heavy (non-hydrogen) atoms. The zero-order valence-electron chi connectivity index (χ0n) is 16.7. The van der Waals surface area contributed by atoms with E-state index in [1.54, 1.807) is 0 Å². The number of pyridine rings is 1. The lowest BCUT2D eigenvalue weighted by Gasteiger charge is -2.29. The van der Waals surface area contributed by atoms with Crippen LogP contribution in [0, 0.1) is 6.92 Å². The summed E-state index contributed by atoms with van der Waals surface area (Å²) in [5, 5.41) is 4.57. The molecule has 0 spiro atoms. The molecule has 1 saturated heterocycles. The summed E-state index contributed by atoms with van der Waals surface area (Å²) < 4.78 is 0. The van der Waals surface area contributed by atoms with Crippen molar-refractivity contribution in [3.05, 3.63) is 54.1 Å². The lowest BCUT2D eigenvalue weighted by Crippen LogP contribution is -2.44. The summed E-state index contributed by atoms with van der Waals surface area (Å²) in [6.07, 6.45) is 2.94. The molecule has 0 unspecified atom stereocenters. The number of para-hydroxylation sites is 1. The minimum atomic E-state index is 0.756. The quantitative estimate of drug-likeness (QED) is 0.713. The maximum absolute atomic E-state index is 4.74. The molecule has 146 valence electrons. The van der Waals surface area contributed by atoms with E-state index in [-0.39, 0.29) is 0 Å². The number of benzene rings is 1. The third-order valence-electron chi connectivity index (χ3n) is 5.12. The summed E-state index contributed by atoms with van der Waals surface area (Å²) in [4.78, 5) is 18.8. The molecule has 0 amide bonds. The van der Waals surface area contributed by atoms with Crippen molar-refractivity contribution in [2.75, 3.05) is 42.5 Å². The Morgan fingerprint density at radius 2 is 1.93 bits per heavy atom.